The number of piperidine rings is 1. The molecule has 0 saturated carbocycles. The van der Waals surface area contributed by atoms with Crippen LogP contribution in [0.3, 0.4) is 0 Å². The molecule has 17 heavy (non-hydrogen) atoms. The Bertz CT molecular complexity index is 193. The van der Waals surface area contributed by atoms with Gasteiger partial charge in [-0.25, -0.2) is 0 Å². The molecule has 0 aromatic heterocycles. The van der Waals surface area contributed by atoms with E-state index in [2.05, 4.69) is 47.6 Å². The molecule has 0 amide bonds. The third-order valence-electron chi connectivity index (χ3n) is 3.67. The van der Waals surface area contributed by atoms with Crippen LogP contribution in [0, 0.1) is 0 Å². The van der Waals surface area contributed by atoms with Crippen LogP contribution in [0.4, 0.5) is 0 Å². The SMILES string of the molecule is C=NC1CCN(C)CC1.CN1CCN(C)CC1. The van der Waals surface area contributed by atoms with Gasteiger partial charge in [0.2, 0.25) is 0 Å². The molecule has 0 atom stereocenters. The van der Waals surface area contributed by atoms with Crippen molar-refractivity contribution in [3.63, 3.8) is 0 Å². The fourth-order valence-corrected chi connectivity index (χ4v) is 2.08. The summed E-state index contributed by atoms with van der Waals surface area (Å²) in [4.78, 5) is 11.1. The average molecular weight is 240 g/mol. The molecular formula is C13H28N4. The lowest BCUT2D eigenvalue weighted by molar-refractivity contribution is 0.181. The Hall–Kier alpha value is -0.450. The van der Waals surface area contributed by atoms with Gasteiger partial charge in [-0.3, -0.25) is 4.99 Å². The number of likely N-dealkylation sites (N-methyl/N-ethyl adjacent to an activating group) is 2. The maximum absolute atomic E-state index is 4.01. The summed E-state index contributed by atoms with van der Waals surface area (Å²) in [5, 5.41) is 0. The maximum Gasteiger partial charge on any atom is 0.0516 e. The van der Waals surface area contributed by atoms with E-state index in [9.17, 15) is 0 Å². The summed E-state index contributed by atoms with van der Waals surface area (Å²) in [6.45, 7) is 10.8. The molecule has 0 bridgehead atoms. The fourth-order valence-electron chi connectivity index (χ4n) is 2.08. The molecular weight excluding hydrogens is 212 g/mol. The lowest BCUT2D eigenvalue weighted by Crippen LogP contribution is -2.42. The van der Waals surface area contributed by atoms with Crippen molar-refractivity contribution in [2.45, 2.75) is 18.9 Å². The van der Waals surface area contributed by atoms with Crippen molar-refractivity contribution in [2.24, 2.45) is 4.99 Å². The van der Waals surface area contributed by atoms with Gasteiger partial charge in [0.1, 0.15) is 0 Å². The van der Waals surface area contributed by atoms with E-state index in [1.54, 1.807) is 0 Å². The van der Waals surface area contributed by atoms with Crippen LogP contribution in [0.25, 0.3) is 0 Å². The van der Waals surface area contributed by atoms with Crippen molar-refractivity contribution < 1.29 is 0 Å². The smallest absolute Gasteiger partial charge is 0.0516 e. The molecule has 0 aliphatic carbocycles. The third-order valence-corrected chi connectivity index (χ3v) is 3.67. The molecule has 2 fully saturated rings. The summed E-state index contributed by atoms with van der Waals surface area (Å²) in [5.74, 6) is 0. The second-order valence-electron chi connectivity index (χ2n) is 5.32. The van der Waals surface area contributed by atoms with Crippen LogP contribution in [0.15, 0.2) is 4.99 Å². The number of aliphatic imine (C=N–C) groups is 1. The Balaban J connectivity index is 0.000000171. The monoisotopic (exact) mass is 240 g/mol. The second kappa shape index (κ2) is 7.80. The normalized spacial score (nSPS) is 25.1. The van der Waals surface area contributed by atoms with Crippen LogP contribution in [-0.2, 0) is 0 Å². The van der Waals surface area contributed by atoms with E-state index in [-0.39, 0.29) is 0 Å². The highest BCUT2D eigenvalue weighted by Gasteiger charge is 2.13. The predicted molar refractivity (Wildman–Crippen MR) is 75.1 cm³/mol. The van der Waals surface area contributed by atoms with Crippen molar-refractivity contribution in [1.29, 1.82) is 0 Å². The largest absolute Gasteiger partial charge is 0.306 e. The summed E-state index contributed by atoms with van der Waals surface area (Å²) >= 11 is 0. The van der Waals surface area contributed by atoms with Crippen molar-refractivity contribution in [2.75, 3.05) is 60.4 Å². The first kappa shape index (κ1) is 14.6. The van der Waals surface area contributed by atoms with E-state index in [0.717, 1.165) is 0 Å². The first-order valence-corrected chi connectivity index (χ1v) is 6.63. The zero-order valence-corrected chi connectivity index (χ0v) is 11.7. The molecule has 0 aromatic rings. The summed E-state index contributed by atoms with van der Waals surface area (Å²) < 4.78 is 0. The molecule has 4 heteroatoms. The van der Waals surface area contributed by atoms with E-state index in [1.165, 1.54) is 52.1 Å². The quantitative estimate of drug-likeness (QED) is 0.628. The van der Waals surface area contributed by atoms with Gasteiger partial charge < -0.3 is 14.7 Å². The van der Waals surface area contributed by atoms with Crippen LogP contribution in [0.5, 0.6) is 0 Å². The lowest BCUT2D eigenvalue weighted by Gasteiger charge is -2.28. The van der Waals surface area contributed by atoms with E-state index >= 15 is 0 Å². The molecule has 2 rings (SSSR count). The van der Waals surface area contributed by atoms with E-state index in [0.29, 0.717) is 6.04 Å². The Morgan fingerprint density at radius 2 is 1.12 bits per heavy atom. The van der Waals surface area contributed by atoms with Gasteiger partial charge in [0.05, 0.1) is 6.04 Å². The molecule has 0 N–H and O–H groups in total. The average Bonchev–Trinajstić information content (AvgIpc) is 2.35. The van der Waals surface area contributed by atoms with Crippen molar-refractivity contribution in [1.82, 2.24) is 14.7 Å². The van der Waals surface area contributed by atoms with E-state index in [1.807, 2.05) is 0 Å². The standard InChI is InChI=1S/C7H14N2.C6H14N2/c1-8-7-3-5-9(2)6-4-7;1-7-3-5-8(2)6-4-7/h7H,1,3-6H2,2H3;3-6H2,1-2H3. The number of hydrogen-bond donors (Lipinski definition) is 0. The van der Waals surface area contributed by atoms with Crippen LogP contribution in [0.2, 0.25) is 0 Å². The topological polar surface area (TPSA) is 22.1 Å². The van der Waals surface area contributed by atoms with Gasteiger partial charge in [0.25, 0.3) is 0 Å². The lowest BCUT2D eigenvalue weighted by atomic mass is 10.1. The van der Waals surface area contributed by atoms with Crippen molar-refractivity contribution in [3.05, 3.63) is 0 Å². The van der Waals surface area contributed by atoms with E-state index in [4.69, 9.17) is 0 Å². The van der Waals surface area contributed by atoms with Crippen molar-refractivity contribution >= 4 is 6.72 Å². The molecule has 4 nitrogen and oxygen atoms in total. The maximum atomic E-state index is 4.01. The number of rotatable bonds is 1. The highest BCUT2D eigenvalue weighted by atomic mass is 15.2. The minimum absolute atomic E-state index is 0.543. The Labute approximate surface area is 106 Å². The number of nitrogens with zero attached hydrogens (tertiary/aromatic N) is 4. The fraction of sp³-hybridized carbons (Fsp3) is 0.923. The predicted octanol–water partition coefficient (Wildman–Crippen LogP) is 0.645. The molecule has 0 aromatic carbocycles. The van der Waals surface area contributed by atoms with Crippen molar-refractivity contribution in [3.8, 4) is 0 Å². The molecule has 0 radical (unpaired) electrons. The van der Waals surface area contributed by atoms with Gasteiger partial charge in [-0.2, -0.15) is 0 Å². The summed E-state index contributed by atoms with van der Waals surface area (Å²) in [6, 6.07) is 0.543. The summed E-state index contributed by atoms with van der Waals surface area (Å²) in [5.41, 5.74) is 0. The molecule has 2 aliphatic rings. The number of likely N-dealkylation sites (tertiary alicyclic amines) is 1. The van der Waals surface area contributed by atoms with Gasteiger partial charge in [-0.15, -0.1) is 0 Å². The van der Waals surface area contributed by atoms with Crippen LogP contribution >= 0.6 is 0 Å². The first-order chi connectivity index (χ1) is 8.11. The highest BCUT2D eigenvalue weighted by molar-refractivity contribution is 5.24. The molecule has 0 spiro atoms. The highest BCUT2D eigenvalue weighted by Crippen LogP contribution is 2.10. The minimum atomic E-state index is 0.543. The first-order valence-electron chi connectivity index (χ1n) is 6.63. The third kappa shape index (κ3) is 6.15. The van der Waals surface area contributed by atoms with E-state index < -0.39 is 0 Å². The molecule has 2 saturated heterocycles. The Kier molecular flexibility index (Phi) is 6.70. The van der Waals surface area contributed by atoms with Gasteiger partial charge in [-0.05, 0) is 53.8 Å². The summed E-state index contributed by atoms with van der Waals surface area (Å²) in [6.07, 6.45) is 2.39. The van der Waals surface area contributed by atoms with Crippen LogP contribution < -0.4 is 0 Å². The van der Waals surface area contributed by atoms with Gasteiger partial charge in [-0.1, -0.05) is 0 Å². The summed E-state index contributed by atoms with van der Waals surface area (Å²) in [7, 11) is 6.50. The number of hydrogen-bond acceptors (Lipinski definition) is 4. The molecule has 2 aliphatic heterocycles. The zero-order chi connectivity index (χ0) is 12.7. The van der Waals surface area contributed by atoms with Gasteiger partial charge >= 0.3 is 0 Å². The Morgan fingerprint density at radius 3 is 1.47 bits per heavy atom. The molecule has 0 unspecified atom stereocenters. The minimum Gasteiger partial charge on any atom is -0.306 e. The van der Waals surface area contributed by atoms with Gasteiger partial charge in [0, 0.05) is 26.2 Å². The van der Waals surface area contributed by atoms with Crippen LogP contribution in [0.1, 0.15) is 12.8 Å². The molecule has 2 heterocycles. The van der Waals surface area contributed by atoms with Gasteiger partial charge in [0.15, 0.2) is 0 Å². The van der Waals surface area contributed by atoms with Crippen LogP contribution in [-0.4, -0.2) is 87.9 Å². The number of piperazine rings is 1. The Morgan fingerprint density at radius 1 is 0.765 bits per heavy atom. The molecule has 100 valence electrons. The zero-order valence-electron chi connectivity index (χ0n) is 11.7. The second-order valence-corrected chi connectivity index (χ2v) is 5.32.